The zero-order valence-electron chi connectivity index (χ0n) is 4.59. The second-order valence-electron chi connectivity index (χ2n) is 1.20. The van der Waals surface area contributed by atoms with Crippen LogP contribution in [0.3, 0.4) is 0 Å². The van der Waals surface area contributed by atoms with E-state index in [4.69, 9.17) is 11.6 Å². The predicted octanol–water partition coefficient (Wildman–Crippen LogP) is -0.775. The number of rotatable bonds is 2. The fraction of sp³-hybridized carbons (Fsp3) is 0.200. The van der Waals surface area contributed by atoms with E-state index in [9.17, 15) is 0 Å². The number of hydrogen-bond donors (Lipinski definition) is 2. The molecule has 0 radical (unpaired) electrons. The maximum atomic E-state index is 5.20. The maximum absolute atomic E-state index is 5.20. The summed E-state index contributed by atoms with van der Waals surface area (Å²) in [5.74, 6) is 5.20. The summed E-state index contributed by atoms with van der Waals surface area (Å²) < 4.78 is 0. The summed E-state index contributed by atoms with van der Waals surface area (Å²) >= 11 is 0. The maximum Gasteiger partial charge on any atom is 0.0606 e. The van der Waals surface area contributed by atoms with Gasteiger partial charge in [-0.1, -0.05) is 6.08 Å². The van der Waals surface area contributed by atoms with Gasteiger partial charge in [-0.05, 0) is 0 Å². The van der Waals surface area contributed by atoms with Crippen molar-refractivity contribution in [1.29, 1.82) is 0 Å². The molecule has 0 saturated heterocycles. The lowest BCUT2D eigenvalue weighted by Crippen LogP contribution is -2.25. The van der Waals surface area contributed by atoms with E-state index in [1.54, 1.807) is 6.08 Å². The van der Waals surface area contributed by atoms with Crippen molar-refractivity contribution in [2.45, 2.75) is 0 Å². The van der Waals surface area contributed by atoms with Crippen LogP contribution in [0.5, 0.6) is 0 Å². The third-order valence-electron chi connectivity index (χ3n) is 0.534. The SMILES string of the molecule is C=CCN(N)C#CN. The fourth-order valence-electron chi connectivity index (χ4n) is 0.268. The molecule has 0 bridgehead atoms. The highest BCUT2D eigenvalue weighted by Gasteiger charge is 1.80. The molecule has 8 heavy (non-hydrogen) atoms. The molecule has 3 heteroatoms. The van der Waals surface area contributed by atoms with Gasteiger partial charge in [0, 0.05) is 12.1 Å². The number of hydrogen-bond acceptors (Lipinski definition) is 3. The van der Waals surface area contributed by atoms with Gasteiger partial charge < -0.3 is 5.73 Å². The van der Waals surface area contributed by atoms with Gasteiger partial charge in [-0.3, -0.25) is 5.01 Å². The van der Waals surface area contributed by atoms with Crippen LogP contribution in [0.2, 0.25) is 0 Å². The minimum atomic E-state index is 0.532. The molecule has 0 rings (SSSR count). The van der Waals surface area contributed by atoms with Gasteiger partial charge in [0.05, 0.1) is 6.54 Å². The third-order valence-corrected chi connectivity index (χ3v) is 0.534. The minimum absolute atomic E-state index is 0.532. The van der Waals surface area contributed by atoms with Crippen LogP contribution >= 0.6 is 0 Å². The molecule has 0 aliphatic carbocycles. The third kappa shape index (κ3) is 3.07. The van der Waals surface area contributed by atoms with Crippen molar-refractivity contribution < 1.29 is 0 Å². The Bertz CT molecular complexity index is 119. The first-order valence-corrected chi connectivity index (χ1v) is 2.15. The molecule has 0 aromatic rings. The molecule has 0 unspecified atom stereocenters. The summed E-state index contributed by atoms with van der Waals surface area (Å²) in [6.07, 6.45) is 1.64. The molecule has 44 valence electrons. The average Bonchev–Trinajstić information content (AvgIpc) is 1.68. The Balaban J connectivity index is 3.41. The molecule has 0 heterocycles. The van der Waals surface area contributed by atoms with Crippen molar-refractivity contribution >= 4 is 0 Å². The number of nitrogens with zero attached hydrogens (tertiary/aromatic N) is 1. The lowest BCUT2D eigenvalue weighted by atomic mass is 10.6. The van der Waals surface area contributed by atoms with Crippen molar-refractivity contribution in [3.05, 3.63) is 12.7 Å². The predicted molar refractivity (Wildman–Crippen MR) is 33.1 cm³/mol. The van der Waals surface area contributed by atoms with Crippen LogP contribution in [0.4, 0.5) is 0 Å². The van der Waals surface area contributed by atoms with Gasteiger partial charge in [0.15, 0.2) is 0 Å². The van der Waals surface area contributed by atoms with Crippen molar-refractivity contribution in [2.24, 2.45) is 11.6 Å². The summed E-state index contributed by atoms with van der Waals surface area (Å²) in [7, 11) is 0. The van der Waals surface area contributed by atoms with E-state index in [0.717, 1.165) is 0 Å². The molecule has 0 aliphatic heterocycles. The highest BCUT2D eigenvalue weighted by Crippen LogP contribution is 1.69. The molecule has 0 aromatic heterocycles. The summed E-state index contributed by atoms with van der Waals surface area (Å²) in [6.45, 7) is 3.98. The van der Waals surface area contributed by atoms with Crippen LogP contribution in [0.15, 0.2) is 12.7 Å². The Morgan fingerprint density at radius 1 is 1.75 bits per heavy atom. The monoisotopic (exact) mass is 111 g/mol. The average molecular weight is 111 g/mol. The smallest absolute Gasteiger partial charge is 0.0606 e. The Morgan fingerprint density at radius 2 is 2.38 bits per heavy atom. The van der Waals surface area contributed by atoms with Crippen molar-refractivity contribution in [1.82, 2.24) is 5.01 Å². The van der Waals surface area contributed by atoms with E-state index in [-0.39, 0.29) is 0 Å². The Labute approximate surface area is 48.9 Å². The number of hydrazine groups is 1. The molecular weight excluding hydrogens is 102 g/mol. The zero-order valence-corrected chi connectivity index (χ0v) is 4.59. The molecule has 0 saturated carbocycles. The van der Waals surface area contributed by atoms with Crippen LogP contribution < -0.4 is 11.6 Å². The summed E-state index contributed by atoms with van der Waals surface area (Å²) in [5.41, 5.74) is 4.84. The molecule has 0 spiro atoms. The van der Waals surface area contributed by atoms with Crippen LogP contribution in [0, 0.1) is 12.1 Å². The summed E-state index contributed by atoms with van der Waals surface area (Å²) in [5, 5.41) is 1.26. The molecule has 0 aromatic carbocycles. The number of nitrogens with two attached hydrogens (primary N) is 2. The molecule has 0 amide bonds. The van der Waals surface area contributed by atoms with E-state index < -0.39 is 0 Å². The van der Waals surface area contributed by atoms with Gasteiger partial charge >= 0.3 is 0 Å². The second-order valence-corrected chi connectivity index (χ2v) is 1.20. The lowest BCUT2D eigenvalue weighted by Gasteiger charge is -2.03. The molecule has 0 atom stereocenters. The highest BCUT2D eigenvalue weighted by atomic mass is 15.4. The van der Waals surface area contributed by atoms with Gasteiger partial charge in [-0.15, -0.1) is 6.58 Å². The van der Waals surface area contributed by atoms with Crippen LogP contribution in [-0.4, -0.2) is 11.6 Å². The van der Waals surface area contributed by atoms with Crippen molar-refractivity contribution in [3.63, 3.8) is 0 Å². The highest BCUT2D eigenvalue weighted by molar-refractivity contribution is 4.93. The van der Waals surface area contributed by atoms with E-state index in [0.29, 0.717) is 6.54 Å². The standard InChI is InChI=1S/C5H9N3/c1-2-4-8(7)5-3-6/h2H,1,4,6-7H2. The van der Waals surface area contributed by atoms with Crippen molar-refractivity contribution in [2.75, 3.05) is 6.54 Å². The summed E-state index contributed by atoms with van der Waals surface area (Å²) in [4.78, 5) is 0. The molecule has 0 aliphatic rings. The fourth-order valence-corrected chi connectivity index (χ4v) is 0.268. The van der Waals surface area contributed by atoms with Crippen LogP contribution in [-0.2, 0) is 0 Å². The van der Waals surface area contributed by atoms with Gasteiger partial charge in [-0.25, -0.2) is 5.84 Å². The normalized spacial score (nSPS) is 6.62. The lowest BCUT2D eigenvalue weighted by molar-refractivity contribution is 0.466. The van der Waals surface area contributed by atoms with Crippen LogP contribution in [0.25, 0.3) is 0 Å². The summed E-state index contributed by atoms with van der Waals surface area (Å²) in [6, 6.07) is 4.57. The van der Waals surface area contributed by atoms with Gasteiger partial charge in [0.2, 0.25) is 0 Å². The van der Waals surface area contributed by atoms with Crippen molar-refractivity contribution in [3.8, 4) is 12.1 Å². The van der Waals surface area contributed by atoms with E-state index >= 15 is 0 Å². The molecule has 3 nitrogen and oxygen atoms in total. The van der Waals surface area contributed by atoms with Gasteiger partial charge in [-0.2, -0.15) is 0 Å². The first-order valence-electron chi connectivity index (χ1n) is 2.15. The van der Waals surface area contributed by atoms with E-state index in [1.165, 1.54) is 5.01 Å². The van der Waals surface area contributed by atoms with Gasteiger partial charge in [0.1, 0.15) is 0 Å². The molecular formula is C5H9N3. The largest absolute Gasteiger partial charge is 0.358 e. The Morgan fingerprint density at radius 3 is 2.75 bits per heavy atom. The van der Waals surface area contributed by atoms with E-state index in [1.807, 2.05) is 0 Å². The second kappa shape index (κ2) is 4.03. The van der Waals surface area contributed by atoms with Gasteiger partial charge in [0.25, 0.3) is 0 Å². The topological polar surface area (TPSA) is 55.3 Å². The molecule has 0 fully saturated rings. The minimum Gasteiger partial charge on any atom is -0.358 e. The Hall–Kier alpha value is -1.14. The Kier molecular flexibility index (Phi) is 3.46. The van der Waals surface area contributed by atoms with E-state index in [2.05, 4.69) is 18.7 Å². The first kappa shape index (κ1) is 6.86. The zero-order chi connectivity index (χ0) is 6.41. The first-order chi connectivity index (χ1) is 3.81. The quantitative estimate of drug-likeness (QED) is 0.162. The van der Waals surface area contributed by atoms with Crippen LogP contribution in [0.1, 0.15) is 0 Å². The molecule has 4 N–H and O–H groups in total.